The Morgan fingerprint density at radius 1 is 1.21 bits per heavy atom. The zero-order chi connectivity index (χ0) is 20.0. The summed E-state index contributed by atoms with van der Waals surface area (Å²) in [4.78, 5) is 14.9. The number of rotatable bonds is 7. The van der Waals surface area contributed by atoms with Crippen molar-refractivity contribution in [2.24, 2.45) is 5.92 Å². The molecule has 2 saturated heterocycles. The van der Waals surface area contributed by atoms with Crippen molar-refractivity contribution in [1.82, 2.24) is 14.5 Å². The number of benzene rings is 1. The third-order valence-electron chi connectivity index (χ3n) is 5.48. The summed E-state index contributed by atoms with van der Waals surface area (Å²) >= 11 is 0. The first kappa shape index (κ1) is 21.2. The van der Waals surface area contributed by atoms with E-state index in [1.807, 2.05) is 12.1 Å². The Bertz CT molecular complexity index is 762. The monoisotopic (exact) mass is 409 g/mol. The fraction of sp³-hybridized carbons (Fsp3) is 0.650. The molecule has 8 heteroatoms. The zero-order valence-electron chi connectivity index (χ0n) is 16.6. The molecule has 2 fully saturated rings. The summed E-state index contributed by atoms with van der Waals surface area (Å²) in [6, 6.07) is 8.27. The molecule has 0 saturated carbocycles. The number of hydrogen-bond acceptors (Lipinski definition) is 5. The molecule has 1 N–H and O–H groups in total. The predicted octanol–water partition coefficient (Wildman–Crippen LogP) is 1.20. The van der Waals surface area contributed by atoms with Crippen LogP contribution in [0.25, 0.3) is 0 Å². The van der Waals surface area contributed by atoms with Crippen LogP contribution in [0, 0.1) is 5.92 Å². The molecule has 2 aliphatic heterocycles. The van der Waals surface area contributed by atoms with Crippen molar-refractivity contribution in [1.29, 1.82) is 0 Å². The van der Waals surface area contributed by atoms with E-state index in [9.17, 15) is 13.2 Å². The van der Waals surface area contributed by atoms with Gasteiger partial charge in [-0.15, -0.1) is 0 Å². The minimum Gasteiger partial charge on any atom is -0.379 e. The van der Waals surface area contributed by atoms with E-state index in [2.05, 4.69) is 22.3 Å². The second-order valence-electron chi connectivity index (χ2n) is 7.52. The molecule has 0 aliphatic carbocycles. The number of amides is 1. The van der Waals surface area contributed by atoms with Gasteiger partial charge in [-0.05, 0) is 30.9 Å². The summed E-state index contributed by atoms with van der Waals surface area (Å²) in [5.41, 5.74) is 2.29. The van der Waals surface area contributed by atoms with Gasteiger partial charge in [-0.2, -0.15) is 0 Å². The van der Waals surface area contributed by atoms with Gasteiger partial charge in [0.05, 0.1) is 24.9 Å². The Morgan fingerprint density at radius 3 is 2.71 bits per heavy atom. The minimum absolute atomic E-state index is 0.0606. The van der Waals surface area contributed by atoms with Crippen LogP contribution in [0.2, 0.25) is 0 Å². The maximum Gasteiger partial charge on any atom is 0.224 e. The fourth-order valence-corrected chi connectivity index (χ4v) is 4.96. The molecule has 0 aromatic heterocycles. The normalized spacial score (nSPS) is 22.1. The molecule has 1 aromatic rings. The quantitative estimate of drug-likeness (QED) is 0.732. The highest BCUT2D eigenvalue weighted by Gasteiger charge is 2.31. The standard InChI is InChI=1S/C20H31N3O4S/c1-2-28(25,26)23-8-4-7-19(16-23)20(24)21-14-17-5-3-6-18(13-17)15-22-9-11-27-12-10-22/h3,5-6,13,19H,2,4,7-12,14-16H2,1H3,(H,21,24)/t19-/m0/s1. The van der Waals surface area contributed by atoms with E-state index in [4.69, 9.17) is 4.74 Å². The van der Waals surface area contributed by atoms with Crippen molar-refractivity contribution in [2.45, 2.75) is 32.9 Å². The number of nitrogens with one attached hydrogen (secondary N) is 1. The number of carbonyl (C=O) groups excluding carboxylic acids is 1. The molecule has 0 unspecified atom stereocenters. The van der Waals surface area contributed by atoms with Gasteiger partial charge in [0.1, 0.15) is 0 Å². The Hall–Kier alpha value is -1.48. The maximum atomic E-state index is 12.6. The van der Waals surface area contributed by atoms with E-state index in [1.165, 1.54) is 9.87 Å². The van der Waals surface area contributed by atoms with Crippen LogP contribution in [-0.2, 0) is 32.6 Å². The van der Waals surface area contributed by atoms with Crippen molar-refractivity contribution in [3.8, 4) is 0 Å². The van der Waals surface area contributed by atoms with Gasteiger partial charge in [0.2, 0.25) is 15.9 Å². The van der Waals surface area contributed by atoms with E-state index in [0.717, 1.165) is 51.3 Å². The molecule has 3 rings (SSSR count). The van der Waals surface area contributed by atoms with Gasteiger partial charge in [-0.3, -0.25) is 9.69 Å². The lowest BCUT2D eigenvalue weighted by atomic mass is 9.98. The molecule has 28 heavy (non-hydrogen) atoms. The Kier molecular flexibility index (Phi) is 7.45. The van der Waals surface area contributed by atoms with Gasteiger partial charge in [0.15, 0.2) is 0 Å². The van der Waals surface area contributed by atoms with Gasteiger partial charge in [0.25, 0.3) is 0 Å². The van der Waals surface area contributed by atoms with Crippen LogP contribution in [0.3, 0.4) is 0 Å². The predicted molar refractivity (Wildman–Crippen MR) is 108 cm³/mol. The molecular formula is C20H31N3O4S. The largest absolute Gasteiger partial charge is 0.379 e. The number of morpholine rings is 1. The van der Waals surface area contributed by atoms with E-state index in [1.54, 1.807) is 6.92 Å². The first-order valence-electron chi connectivity index (χ1n) is 10.1. The van der Waals surface area contributed by atoms with E-state index >= 15 is 0 Å². The summed E-state index contributed by atoms with van der Waals surface area (Å²) in [7, 11) is -3.23. The molecule has 7 nitrogen and oxygen atoms in total. The SMILES string of the molecule is CCS(=O)(=O)N1CCC[C@H](C(=O)NCc2cccc(CN3CCOCC3)c2)C1. The van der Waals surface area contributed by atoms with Crippen LogP contribution in [0.1, 0.15) is 30.9 Å². The molecule has 1 amide bonds. The van der Waals surface area contributed by atoms with Crippen LogP contribution >= 0.6 is 0 Å². The summed E-state index contributed by atoms with van der Waals surface area (Å²) in [5, 5.41) is 3.00. The Labute approximate surface area is 168 Å². The van der Waals surface area contributed by atoms with E-state index < -0.39 is 10.0 Å². The molecule has 0 radical (unpaired) electrons. The third kappa shape index (κ3) is 5.76. The van der Waals surface area contributed by atoms with Crippen LogP contribution < -0.4 is 5.32 Å². The fourth-order valence-electron chi connectivity index (χ4n) is 3.78. The van der Waals surface area contributed by atoms with E-state index in [0.29, 0.717) is 19.6 Å². The molecule has 2 heterocycles. The zero-order valence-corrected chi connectivity index (χ0v) is 17.4. The lowest BCUT2D eigenvalue weighted by Gasteiger charge is -2.31. The smallest absolute Gasteiger partial charge is 0.224 e. The van der Waals surface area contributed by atoms with Crippen molar-refractivity contribution >= 4 is 15.9 Å². The average Bonchev–Trinajstić information content (AvgIpc) is 2.73. The third-order valence-corrected chi connectivity index (χ3v) is 7.33. The van der Waals surface area contributed by atoms with Gasteiger partial charge >= 0.3 is 0 Å². The summed E-state index contributed by atoms with van der Waals surface area (Å²) in [5.74, 6) is -0.252. The number of hydrogen-bond donors (Lipinski definition) is 1. The number of ether oxygens (including phenoxy) is 1. The highest BCUT2D eigenvalue weighted by molar-refractivity contribution is 7.89. The average molecular weight is 410 g/mol. The van der Waals surface area contributed by atoms with Crippen LogP contribution in [0.5, 0.6) is 0 Å². The first-order valence-corrected chi connectivity index (χ1v) is 11.7. The molecule has 2 aliphatic rings. The maximum absolute atomic E-state index is 12.6. The molecule has 156 valence electrons. The van der Waals surface area contributed by atoms with Crippen molar-refractivity contribution in [2.75, 3.05) is 45.1 Å². The van der Waals surface area contributed by atoms with Gasteiger partial charge in [0, 0.05) is 39.3 Å². The highest BCUT2D eigenvalue weighted by atomic mass is 32.2. The van der Waals surface area contributed by atoms with Gasteiger partial charge < -0.3 is 10.1 Å². The minimum atomic E-state index is -3.23. The number of sulfonamides is 1. The van der Waals surface area contributed by atoms with Gasteiger partial charge in [-0.25, -0.2) is 12.7 Å². The first-order chi connectivity index (χ1) is 13.5. The van der Waals surface area contributed by atoms with Crippen LogP contribution in [-0.4, -0.2) is 68.7 Å². The summed E-state index contributed by atoms with van der Waals surface area (Å²) in [6.07, 6.45) is 1.46. The lowest BCUT2D eigenvalue weighted by Crippen LogP contribution is -2.45. The van der Waals surface area contributed by atoms with Crippen molar-refractivity contribution in [3.63, 3.8) is 0 Å². The van der Waals surface area contributed by atoms with Crippen molar-refractivity contribution < 1.29 is 17.9 Å². The number of carbonyl (C=O) groups is 1. The van der Waals surface area contributed by atoms with Crippen molar-refractivity contribution in [3.05, 3.63) is 35.4 Å². The molecule has 0 bridgehead atoms. The second kappa shape index (κ2) is 9.82. The van der Waals surface area contributed by atoms with E-state index in [-0.39, 0.29) is 17.6 Å². The number of piperidine rings is 1. The van der Waals surface area contributed by atoms with Gasteiger partial charge in [-0.1, -0.05) is 24.3 Å². The molecule has 1 atom stereocenters. The second-order valence-corrected chi connectivity index (χ2v) is 9.78. The highest BCUT2D eigenvalue weighted by Crippen LogP contribution is 2.20. The molecule has 0 spiro atoms. The number of nitrogens with zero attached hydrogens (tertiary/aromatic N) is 2. The topological polar surface area (TPSA) is 79.0 Å². The lowest BCUT2D eigenvalue weighted by molar-refractivity contribution is -0.126. The summed E-state index contributed by atoms with van der Waals surface area (Å²) < 4.78 is 31.0. The molecular weight excluding hydrogens is 378 g/mol. The Balaban J connectivity index is 1.52. The molecule has 1 aromatic carbocycles. The van der Waals surface area contributed by atoms with Crippen LogP contribution in [0.15, 0.2) is 24.3 Å². The van der Waals surface area contributed by atoms with Crippen LogP contribution in [0.4, 0.5) is 0 Å². The Morgan fingerprint density at radius 2 is 1.96 bits per heavy atom. The summed E-state index contributed by atoms with van der Waals surface area (Å²) in [6.45, 7) is 7.25.